The van der Waals surface area contributed by atoms with Gasteiger partial charge in [0.1, 0.15) is 5.69 Å². The van der Waals surface area contributed by atoms with Gasteiger partial charge in [-0.05, 0) is 36.2 Å². The number of nitrogens with one attached hydrogen (secondary N) is 2. The van der Waals surface area contributed by atoms with Gasteiger partial charge in [0.05, 0.1) is 11.4 Å². The summed E-state index contributed by atoms with van der Waals surface area (Å²) >= 11 is 0. The van der Waals surface area contributed by atoms with Crippen LogP contribution in [0.5, 0.6) is 0 Å². The summed E-state index contributed by atoms with van der Waals surface area (Å²) in [6.07, 6.45) is 6.31. The van der Waals surface area contributed by atoms with Gasteiger partial charge in [0.25, 0.3) is 0 Å². The number of hydrogen-bond acceptors (Lipinski definition) is 2. The summed E-state index contributed by atoms with van der Waals surface area (Å²) in [5.41, 5.74) is 5.11. The van der Waals surface area contributed by atoms with Crippen molar-refractivity contribution in [3.8, 4) is 11.3 Å². The lowest BCUT2D eigenvalue weighted by atomic mass is 9.86. The van der Waals surface area contributed by atoms with Crippen LogP contribution in [0.15, 0.2) is 24.3 Å². The zero-order valence-electron chi connectivity index (χ0n) is 16.5. The molecule has 0 atom stereocenters. The highest BCUT2D eigenvalue weighted by atomic mass is 16.1. The van der Waals surface area contributed by atoms with E-state index in [1.807, 2.05) is 0 Å². The minimum atomic E-state index is 0.112. The van der Waals surface area contributed by atoms with Crippen LogP contribution < -0.4 is 5.32 Å². The predicted molar refractivity (Wildman–Crippen MR) is 107 cm³/mol. The Hall–Kier alpha value is -2.10. The Labute approximate surface area is 156 Å². The number of aromatic nitrogens is 2. The molecule has 1 aliphatic carbocycles. The Morgan fingerprint density at radius 2 is 1.85 bits per heavy atom. The lowest BCUT2D eigenvalue weighted by Gasteiger charge is -2.19. The monoisotopic (exact) mass is 353 g/mol. The largest absolute Gasteiger partial charge is 0.323 e. The van der Waals surface area contributed by atoms with Crippen LogP contribution in [0.1, 0.15) is 71.1 Å². The van der Waals surface area contributed by atoms with Crippen molar-refractivity contribution in [3.63, 3.8) is 0 Å². The van der Waals surface area contributed by atoms with Gasteiger partial charge in [-0.3, -0.25) is 9.89 Å². The zero-order chi connectivity index (χ0) is 18.7. The third-order valence-corrected chi connectivity index (χ3v) is 5.43. The van der Waals surface area contributed by atoms with Gasteiger partial charge in [-0.2, -0.15) is 5.10 Å². The molecule has 0 aliphatic heterocycles. The van der Waals surface area contributed by atoms with Gasteiger partial charge in [-0.25, -0.2) is 0 Å². The topological polar surface area (TPSA) is 57.8 Å². The summed E-state index contributed by atoms with van der Waals surface area (Å²) < 4.78 is 0. The molecule has 1 saturated carbocycles. The first-order chi connectivity index (χ1) is 12.4. The van der Waals surface area contributed by atoms with Crippen molar-refractivity contribution < 1.29 is 4.79 Å². The van der Waals surface area contributed by atoms with Crippen LogP contribution in [0.25, 0.3) is 11.3 Å². The maximum atomic E-state index is 12.6. The first-order valence-electron chi connectivity index (χ1n) is 9.86. The van der Waals surface area contributed by atoms with Crippen LogP contribution in [0, 0.1) is 5.92 Å². The van der Waals surface area contributed by atoms with E-state index in [4.69, 9.17) is 0 Å². The van der Waals surface area contributed by atoms with Gasteiger partial charge in [0.15, 0.2) is 0 Å². The molecule has 0 radical (unpaired) electrons. The highest BCUT2D eigenvalue weighted by Crippen LogP contribution is 2.33. The molecular formula is C22H31N3O. The number of benzene rings is 1. The fourth-order valence-electron chi connectivity index (χ4n) is 3.77. The van der Waals surface area contributed by atoms with Crippen molar-refractivity contribution in [2.75, 3.05) is 5.32 Å². The van der Waals surface area contributed by atoms with E-state index < -0.39 is 0 Å². The van der Waals surface area contributed by atoms with Gasteiger partial charge in [-0.15, -0.1) is 0 Å². The first-order valence-corrected chi connectivity index (χ1v) is 9.86. The number of aryl methyl sites for hydroxylation is 1. The molecule has 0 saturated heterocycles. The van der Waals surface area contributed by atoms with E-state index in [0.29, 0.717) is 12.3 Å². The minimum absolute atomic E-state index is 0.112. The van der Waals surface area contributed by atoms with Crippen molar-refractivity contribution in [3.05, 3.63) is 35.5 Å². The molecule has 1 heterocycles. The lowest BCUT2D eigenvalue weighted by molar-refractivity contribution is -0.117. The third kappa shape index (κ3) is 4.17. The summed E-state index contributed by atoms with van der Waals surface area (Å²) in [7, 11) is 0. The number of nitrogens with zero attached hydrogens (tertiary/aromatic N) is 1. The Balaban J connectivity index is 1.81. The molecule has 1 amide bonds. The average Bonchev–Trinajstić information content (AvgIpc) is 3.24. The van der Waals surface area contributed by atoms with Gasteiger partial charge >= 0.3 is 0 Å². The summed E-state index contributed by atoms with van der Waals surface area (Å²) in [5.74, 6) is 0.655. The number of anilines is 1. The van der Waals surface area contributed by atoms with E-state index in [-0.39, 0.29) is 11.3 Å². The quantitative estimate of drug-likeness (QED) is 0.750. The molecule has 1 aliphatic rings. The molecule has 1 aromatic carbocycles. The fourth-order valence-corrected chi connectivity index (χ4v) is 3.77. The zero-order valence-corrected chi connectivity index (χ0v) is 16.5. The number of H-pyrrole nitrogens is 1. The molecule has 26 heavy (non-hydrogen) atoms. The maximum absolute atomic E-state index is 12.6. The van der Waals surface area contributed by atoms with Crippen molar-refractivity contribution >= 4 is 11.6 Å². The smallest absolute Gasteiger partial charge is 0.224 e. The Morgan fingerprint density at radius 3 is 2.42 bits per heavy atom. The molecule has 2 N–H and O–H groups in total. The molecule has 0 unspecified atom stereocenters. The van der Waals surface area contributed by atoms with Gasteiger partial charge in [0, 0.05) is 12.0 Å². The second kappa shape index (κ2) is 7.65. The van der Waals surface area contributed by atoms with E-state index in [2.05, 4.69) is 67.5 Å². The number of rotatable bonds is 5. The molecule has 4 nitrogen and oxygen atoms in total. The van der Waals surface area contributed by atoms with Crippen molar-refractivity contribution in [1.29, 1.82) is 0 Å². The summed E-state index contributed by atoms with van der Waals surface area (Å²) in [4.78, 5) is 12.6. The molecule has 1 aromatic heterocycles. The van der Waals surface area contributed by atoms with Gasteiger partial charge in [-0.1, -0.05) is 64.8 Å². The molecule has 1 fully saturated rings. The predicted octanol–water partition coefficient (Wildman–Crippen LogP) is 5.46. The van der Waals surface area contributed by atoms with E-state index in [1.165, 1.54) is 31.2 Å². The number of aromatic amines is 1. The number of carbonyl (C=O) groups is 1. The van der Waals surface area contributed by atoms with Gasteiger partial charge < -0.3 is 5.32 Å². The van der Waals surface area contributed by atoms with Crippen LogP contribution in [-0.2, 0) is 16.6 Å². The SMILES string of the molecule is CCc1[nH]nc(-c2ccc(C(C)(C)C)cc2)c1NC(=O)CC1CCCC1. The van der Waals surface area contributed by atoms with Crippen LogP contribution in [0.2, 0.25) is 0 Å². The second-order valence-corrected chi connectivity index (χ2v) is 8.51. The molecule has 4 heteroatoms. The molecule has 0 spiro atoms. The van der Waals surface area contributed by atoms with E-state index in [9.17, 15) is 4.79 Å². The number of amides is 1. The highest BCUT2D eigenvalue weighted by molar-refractivity contribution is 5.95. The molecule has 0 bridgehead atoms. The maximum Gasteiger partial charge on any atom is 0.224 e. The lowest BCUT2D eigenvalue weighted by Crippen LogP contribution is -2.16. The average molecular weight is 354 g/mol. The van der Waals surface area contributed by atoms with Crippen LogP contribution >= 0.6 is 0 Å². The number of hydrogen-bond donors (Lipinski definition) is 2. The first kappa shape index (κ1) is 18.7. The molecule has 2 aromatic rings. The Kier molecular flexibility index (Phi) is 5.49. The van der Waals surface area contributed by atoms with Crippen molar-refractivity contribution in [2.24, 2.45) is 5.92 Å². The van der Waals surface area contributed by atoms with E-state index in [0.717, 1.165) is 29.1 Å². The summed E-state index contributed by atoms with van der Waals surface area (Å²) in [5, 5.41) is 10.7. The minimum Gasteiger partial charge on any atom is -0.323 e. The third-order valence-electron chi connectivity index (χ3n) is 5.43. The number of carbonyl (C=O) groups excluding carboxylic acids is 1. The van der Waals surface area contributed by atoms with Crippen LogP contribution in [0.4, 0.5) is 5.69 Å². The standard InChI is InChI=1S/C22H31N3O/c1-5-18-21(23-19(26)14-15-8-6-7-9-15)20(25-24-18)16-10-12-17(13-11-16)22(2,3)4/h10-13,15H,5-9,14H2,1-4H3,(H,23,26)(H,24,25). The fraction of sp³-hybridized carbons (Fsp3) is 0.545. The van der Waals surface area contributed by atoms with Crippen LogP contribution in [0.3, 0.4) is 0 Å². The van der Waals surface area contributed by atoms with Crippen molar-refractivity contribution in [2.45, 2.75) is 71.6 Å². The normalized spacial score (nSPS) is 15.4. The van der Waals surface area contributed by atoms with Gasteiger partial charge in [0.2, 0.25) is 5.91 Å². The molecule has 140 valence electrons. The van der Waals surface area contributed by atoms with E-state index >= 15 is 0 Å². The second-order valence-electron chi connectivity index (χ2n) is 8.51. The molecule has 3 rings (SSSR count). The Morgan fingerprint density at radius 1 is 1.19 bits per heavy atom. The van der Waals surface area contributed by atoms with Crippen molar-refractivity contribution in [1.82, 2.24) is 10.2 Å². The molecular weight excluding hydrogens is 322 g/mol. The summed E-state index contributed by atoms with van der Waals surface area (Å²) in [6.45, 7) is 8.70. The van der Waals surface area contributed by atoms with E-state index in [1.54, 1.807) is 0 Å². The highest BCUT2D eigenvalue weighted by Gasteiger charge is 2.22. The Bertz CT molecular complexity index is 747. The summed E-state index contributed by atoms with van der Waals surface area (Å²) in [6, 6.07) is 8.51. The van der Waals surface area contributed by atoms with Crippen LogP contribution in [-0.4, -0.2) is 16.1 Å².